The second kappa shape index (κ2) is 5.05. The van der Waals surface area contributed by atoms with E-state index in [1.54, 1.807) is 21.3 Å². The Bertz CT molecular complexity index is 510. The average molecular weight is 251 g/mol. The molecule has 0 aliphatic carbocycles. The standard InChI is InChI=1S/C12H13NO3S/c1-14-8-4-5-11(15-2)9(6-8)10-7-17-12(13-10)16-3/h4-7H,1-3H3. The number of ether oxygens (including phenoxy) is 3. The van der Waals surface area contributed by atoms with Gasteiger partial charge >= 0.3 is 0 Å². The van der Waals surface area contributed by atoms with Crippen LogP contribution in [-0.4, -0.2) is 26.3 Å². The Kier molecular flexibility index (Phi) is 3.49. The molecule has 0 fully saturated rings. The zero-order valence-corrected chi connectivity index (χ0v) is 10.7. The second-order valence-corrected chi connectivity index (χ2v) is 4.09. The lowest BCUT2D eigenvalue weighted by Gasteiger charge is -2.08. The van der Waals surface area contributed by atoms with Crippen molar-refractivity contribution >= 4 is 11.3 Å². The van der Waals surface area contributed by atoms with Crippen LogP contribution in [0.4, 0.5) is 0 Å². The van der Waals surface area contributed by atoms with Crippen LogP contribution in [-0.2, 0) is 0 Å². The predicted octanol–water partition coefficient (Wildman–Crippen LogP) is 2.84. The van der Waals surface area contributed by atoms with E-state index in [-0.39, 0.29) is 0 Å². The van der Waals surface area contributed by atoms with E-state index in [4.69, 9.17) is 14.2 Å². The first kappa shape index (κ1) is 11.7. The lowest BCUT2D eigenvalue weighted by molar-refractivity contribution is 0.403. The first-order chi connectivity index (χ1) is 8.28. The number of benzene rings is 1. The second-order valence-electron chi connectivity index (χ2n) is 3.27. The van der Waals surface area contributed by atoms with Crippen LogP contribution in [0.1, 0.15) is 0 Å². The summed E-state index contributed by atoms with van der Waals surface area (Å²) in [4.78, 5) is 4.34. The summed E-state index contributed by atoms with van der Waals surface area (Å²) in [5, 5.41) is 2.56. The number of hydrogen-bond acceptors (Lipinski definition) is 5. The van der Waals surface area contributed by atoms with Crippen LogP contribution >= 0.6 is 11.3 Å². The van der Waals surface area contributed by atoms with E-state index < -0.39 is 0 Å². The van der Waals surface area contributed by atoms with Gasteiger partial charge < -0.3 is 14.2 Å². The summed E-state index contributed by atoms with van der Waals surface area (Å²) in [6, 6.07) is 5.61. The molecule has 0 atom stereocenters. The van der Waals surface area contributed by atoms with E-state index in [9.17, 15) is 0 Å². The molecule has 0 saturated heterocycles. The maximum Gasteiger partial charge on any atom is 0.273 e. The molecule has 4 nitrogen and oxygen atoms in total. The highest BCUT2D eigenvalue weighted by atomic mass is 32.1. The van der Waals surface area contributed by atoms with Gasteiger partial charge in [0.25, 0.3) is 5.19 Å². The van der Waals surface area contributed by atoms with Crippen LogP contribution in [0, 0.1) is 0 Å². The molecule has 1 heterocycles. The highest BCUT2D eigenvalue weighted by Gasteiger charge is 2.11. The molecule has 0 radical (unpaired) electrons. The molecule has 1 aromatic heterocycles. The van der Waals surface area contributed by atoms with E-state index in [0.29, 0.717) is 5.19 Å². The van der Waals surface area contributed by atoms with Crippen LogP contribution in [0.3, 0.4) is 0 Å². The largest absolute Gasteiger partial charge is 0.497 e. The first-order valence-electron chi connectivity index (χ1n) is 5.00. The van der Waals surface area contributed by atoms with Crippen molar-refractivity contribution < 1.29 is 14.2 Å². The molecular weight excluding hydrogens is 238 g/mol. The smallest absolute Gasteiger partial charge is 0.273 e. The fraction of sp³-hybridized carbons (Fsp3) is 0.250. The molecule has 1 aromatic carbocycles. The molecule has 5 heteroatoms. The molecule has 2 rings (SSSR count). The highest BCUT2D eigenvalue weighted by Crippen LogP contribution is 2.35. The minimum atomic E-state index is 0.630. The van der Waals surface area contributed by atoms with Gasteiger partial charge in [-0.2, -0.15) is 0 Å². The zero-order valence-electron chi connectivity index (χ0n) is 9.89. The molecule has 0 spiro atoms. The van der Waals surface area contributed by atoms with E-state index in [1.165, 1.54) is 11.3 Å². The van der Waals surface area contributed by atoms with Gasteiger partial charge in [0, 0.05) is 10.9 Å². The molecule has 0 amide bonds. The molecule has 0 aliphatic heterocycles. The summed E-state index contributed by atoms with van der Waals surface area (Å²) in [5.41, 5.74) is 1.72. The Morgan fingerprint density at radius 2 is 1.88 bits per heavy atom. The zero-order chi connectivity index (χ0) is 12.3. The summed E-state index contributed by atoms with van der Waals surface area (Å²) in [5.74, 6) is 1.53. The van der Waals surface area contributed by atoms with Crippen LogP contribution in [0.2, 0.25) is 0 Å². The van der Waals surface area contributed by atoms with Crippen molar-refractivity contribution in [3.05, 3.63) is 23.6 Å². The third kappa shape index (κ3) is 2.34. The van der Waals surface area contributed by atoms with Crippen molar-refractivity contribution in [1.29, 1.82) is 0 Å². The van der Waals surface area contributed by atoms with Crippen molar-refractivity contribution in [3.63, 3.8) is 0 Å². The summed E-state index contributed by atoms with van der Waals surface area (Å²) >= 11 is 1.45. The van der Waals surface area contributed by atoms with Gasteiger partial charge in [-0.05, 0) is 18.2 Å². The minimum Gasteiger partial charge on any atom is -0.497 e. The number of thiazole rings is 1. The minimum absolute atomic E-state index is 0.630. The Hall–Kier alpha value is -1.75. The third-order valence-corrected chi connectivity index (χ3v) is 3.14. The fourth-order valence-corrected chi connectivity index (χ4v) is 2.13. The molecule has 2 aromatic rings. The van der Waals surface area contributed by atoms with E-state index in [2.05, 4.69) is 4.98 Å². The SMILES string of the molecule is COc1ccc(OC)c(-c2csc(OC)n2)c1. The van der Waals surface area contributed by atoms with Crippen LogP contribution in [0.15, 0.2) is 23.6 Å². The van der Waals surface area contributed by atoms with Crippen molar-refractivity contribution in [2.75, 3.05) is 21.3 Å². The third-order valence-electron chi connectivity index (χ3n) is 2.34. The van der Waals surface area contributed by atoms with Gasteiger partial charge in [0.2, 0.25) is 0 Å². The van der Waals surface area contributed by atoms with Crippen molar-refractivity contribution in [2.45, 2.75) is 0 Å². The van der Waals surface area contributed by atoms with Crippen LogP contribution < -0.4 is 14.2 Å². The number of methoxy groups -OCH3 is 3. The van der Waals surface area contributed by atoms with E-state index in [1.807, 2.05) is 23.6 Å². The van der Waals surface area contributed by atoms with Gasteiger partial charge in [-0.15, -0.1) is 0 Å². The Balaban J connectivity index is 2.47. The maximum atomic E-state index is 5.31. The summed E-state index contributed by atoms with van der Waals surface area (Å²) in [7, 11) is 4.87. The molecule has 90 valence electrons. The van der Waals surface area contributed by atoms with Gasteiger partial charge in [0.05, 0.1) is 27.0 Å². The quantitative estimate of drug-likeness (QED) is 0.837. The molecular formula is C12H13NO3S. The number of rotatable bonds is 4. The van der Waals surface area contributed by atoms with Gasteiger partial charge in [0.1, 0.15) is 11.5 Å². The maximum absolute atomic E-state index is 5.31. The topological polar surface area (TPSA) is 40.6 Å². The lowest BCUT2D eigenvalue weighted by Crippen LogP contribution is -1.90. The normalized spacial score (nSPS) is 10.1. The first-order valence-corrected chi connectivity index (χ1v) is 5.88. The Labute approximate surface area is 104 Å². The molecule has 0 bridgehead atoms. The number of nitrogens with zero attached hydrogens (tertiary/aromatic N) is 1. The lowest BCUT2D eigenvalue weighted by atomic mass is 10.1. The van der Waals surface area contributed by atoms with Crippen molar-refractivity contribution in [1.82, 2.24) is 4.98 Å². The van der Waals surface area contributed by atoms with Crippen LogP contribution in [0.5, 0.6) is 16.7 Å². The summed E-state index contributed by atoms with van der Waals surface area (Å²) < 4.78 is 15.6. The molecule has 17 heavy (non-hydrogen) atoms. The number of aromatic nitrogens is 1. The molecule has 0 aliphatic rings. The van der Waals surface area contributed by atoms with Gasteiger partial charge in [-0.25, -0.2) is 4.98 Å². The van der Waals surface area contributed by atoms with Gasteiger partial charge in [-0.1, -0.05) is 11.3 Å². The van der Waals surface area contributed by atoms with Crippen LogP contribution in [0.25, 0.3) is 11.3 Å². The fourth-order valence-electron chi connectivity index (χ4n) is 1.49. The Morgan fingerprint density at radius 1 is 1.06 bits per heavy atom. The molecule has 0 N–H and O–H groups in total. The highest BCUT2D eigenvalue weighted by molar-refractivity contribution is 7.11. The van der Waals surface area contributed by atoms with Crippen molar-refractivity contribution in [2.24, 2.45) is 0 Å². The monoisotopic (exact) mass is 251 g/mol. The summed E-state index contributed by atoms with van der Waals surface area (Å²) in [6.07, 6.45) is 0. The van der Waals surface area contributed by atoms with Gasteiger partial charge in [-0.3, -0.25) is 0 Å². The van der Waals surface area contributed by atoms with E-state index in [0.717, 1.165) is 22.8 Å². The Morgan fingerprint density at radius 3 is 2.47 bits per heavy atom. The average Bonchev–Trinajstić information content (AvgIpc) is 2.86. The van der Waals surface area contributed by atoms with E-state index >= 15 is 0 Å². The molecule has 0 saturated carbocycles. The predicted molar refractivity (Wildman–Crippen MR) is 67.2 cm³/mol. The summed E-state index contributed by atoms with van der Waals surface area (Å²) in [6.45, 7) is 0. The molecule has 0 unspecified atom stereocenters. The van der Waals surface area contributed by atoms with Crippen molar-refractivity contribution in [3.8, 4) is 28.0 Å². The van der Waals surface area contributed by atoms with Gasteiger partial charge in [0.15, 0.2) is 0 Å². The number of hydrogen-bond donors (Lipinski definition) is 0.